The van der Waals surface area contributed by atoms with Crippen molar-refractivity contribution in [3.8, 4) is 11.5 Å². The van der Waals surface area contributed by atoms with Crippen molar-refractivity contribution in [2.24, 2.45) is 0 Å². The van der Waals surface area contributed by atoms with E-state index in [0.717, 1.165) is 24.1 Å². The van der Waals surface area contributed by atoms with Crippen molar-refractivity contribution in [3.63, 3.8) is 0 Å². The summed E-state index contributed by atoms with van der Waals surface area (Å²) in [7, 11) is 1.89. The van der Waals surface area contributed by atoms with Crippen LogP contribution < -0.4 is 4.90 Å². The van der Waals surface area contributed by atoms with Crippen molar-refractivity contribution in [1.29, 1.82) is 0 Å². The van der Waals surface area contributed by atoms with Crippen LogP contribution in [0.4, 0.5) is 5.69 Å². The number of unbranched alkanes of at least 4 members (excludes halogenated alkanes) is 1. The number of nitrogens with zero attached hydrogens (tertiary/aromatic N) is 2. The summed E-state index contributed by atoms with van der Waals surface area (Å²) in [4.78, 5) is 17.8. The van der Waals surface area contributed by atoms with Crippen molar-refractivity contribution in [3.05, 3.63) is 65.2 Å². The SMILES string of the molecule is CCCCN1C(=O)C2(c3ccccc31)c1c(c(O)c3ccccc3c1O)CN2C. The fraction of sp³-hybridized carbons (Fsp3) is 0.292. The molecule has 148 valence electrons. The third-order valence-corrected chi connectivity index (χ3v) is 6.47. The topological polar surface area (TPSA) is 64.0 Å². The molecule has 0 aliphatic carbocycles. The second-order valence-electron chi connectivity index (χ2n) is 7.99. The number of benzene rings is 3. The fourth-order valence-electron chi connectivity index (χ4n) is 5.13. The lowest BCUT2D eigenvalue weighted by Crippen LogP contribution is -2.48. The summed E-state index contributed by atoms with van der Waals surface area (Å²) >= 11 is 0. The third kappa shape index (κ3) is 2.11. The molecule has 1 amide bonds. The zero-order valence-corrected chi connectivity index (χ0v) is 16.6. The van der Waals surface area contributed by atoms with Gasteiger partial charge in [0.2, 0.25) is 0 Å². The Hall–Kier alpha value is -3.05. The van der Waals surface area contributed by atoms with Gasteiger partial charge in [0.15, 0.2) is 5.54 Å². The van der Waals surface area contributed by atoms with E-state index in [2.05, 4.69) is 6.92 Å². The normalized spacial score (nSPS) is 20.6. The Balaban J connectivity index is 1.85. The number of amides is 1. The van der Waals surface area contributed by atoms with E-state index in [-0.39, 0.29) is 17.4 Å². The van der Waals surface area contributed by atoms with Crippen LogP contribution in [0.25, 0.3) is 10.8 Å². The lowest BCUT2D eigenvalue weighted by molar-refractivity contribution is -0.126. The van der Waals surface area contributed by atoms with Crippen LogP contribution in [0.2, 0.25) is 0 Å². The smallest absolute Gasteiger partial charge is 0.257 e. The van der Waals surface area contributed by atoms with Gasteiger partial charge in [0, 0.05) is 46.2 Å². The molecule has 2 N–H and O–H groups in total. The summed E-state index contributed by atoms with van der Waals surface area (Å²) in [5, 5.41) is 23.5. The second-order valence-corrected chi connectivity index (χ2v) is 7.99. The third-order valence-electron chi connectivity index (χ3n) is 6.47. The Bertz CT molecular complexity index is 1160. The molecule has 0 saturated carbocycles. The maximum absolute atomic E-state index is 14.0. The molecule has 5 heteroatoms. The number of hydrogen-bond acceptors (Lipinski definition) is 4. The maximum atomic E-state index is 14.0. The van der Waals surface area contributed by atoms with Gasteiger partial charge in [0.25, 0.3) is 5.91 Å². The van der Waals surface area contributed by atoms with E-state index in [1.165, 1.54) is 0 Å². The van der Waals surface area contributed by atoms with Crippen molar-refractivity contribution in [2.45, 2.75) is 31.8 Å². The minimum absolute atomic E-state index is 0.0571. The number of carbonyl (C=O) groups is 1. The first kappa shape index (κ1) is 18.0. The van der Waals surface area contributed by atoms with Crippen molar-refractivity contribution >= 4 is 22.4 Å². The standard InChI is InChI=1S/C24H24N2O3/c1-3-4-13-26-19-12-8-7-11-18(19)24(23(26)29)20-17(14-25(24)2)21(27)15-9-5-6-10-16(15)22(20)28/h5-12,27-28H,3-4,13-14H2,1-2H3. The molecular formula is C24H24N2O3. The molecule has 29 heavy (non-hydrogen) atoms. The van der Waals surface area contributed by atoms with Gasteiger partial charge in [-0.25, -0.2) is 0 Å². The molecule has 0 saturated heterocycles. The first-order chi connectivity index (χ1) is 14.0. The highest BCUT2D eigenvalue weighted by atomic mass is 16.3. The largest absolute Gasteiger partial charge is 0.507 e. The van der Waals surface area contributed by atoms with Crippen molar-refractivity contribution < 1.29 is 15.0 Å². The van der Waals surface area contributed by atoms with Crippen LogP contribution in [0, 0.1) is 0 Å². The van der Waals surface area contributed by atoms with E-state index in [4.69, 9.17) is 0 Å². The minimum Gasteiger partial charge on any atom is -0.507 e. The fourth-order valence-corrected chi connectivity index (χ4v) is 5.13. The van der Waals surface area contributed by atoms with Crippen molar-refractivity contribution in [2.75, 3.05) is 18.5 Å². The number of para-hydroxylation sites is 1. The van der Waals surface area contributed by atoms with E-state index < -0.39 is 5.54 Å². The summed E-state index contributed by atoms with van der Waals surface area (Å²) in [5.41, 5.74) is 1.78. The maximum Gasteiger partial charge on any atom is 0.257 e. The van der Waals surface area contributed by atoms with E-state index in [9.17, 15) is 15.0 Å². The molecule has 1 unspecified atom stereocenters. The van der Waals surface area contributed by atoms with Crippen LogP contribution in [-0.4, -0.2) is 34.6 Å². The van der Waals surface area contributed by atoms with Gasteiger partial charge in [0.1, 0.15) is 11.5 Å². The highest BCUT2D eigenvalue weighted by molar-refractivity contribution is 6.12. The van der Waals surface area contributed by atoms with Crippen LogP contribution >= 0.6 is 0 Å². The first-order valence-corrected chi connectivity index (χ1v) is 10.1. The Morgan fingerprint density at radius 3 is 2.38 bits per heavy atom. The molecular weight excluding hydrogens is 364 g/mol. The number of carbonyl (C=O) groups excluding carboxylic acids is 1. The quantitative estimate of drug-likeness (QED) is 0.664. The Labute approximate surface area is 169 Å². The molecule has 1 atom stereocenters. The summed E-state index contributed by atoms with van der Waals surface area (Å²) in [6.45, 7) is 3.13. The summed E-state index contributed by atoms with van der Waals surface area (Å²) < 4.78 is 0. The average Bonchev–Trinajstić information content (AvgIpc) is 3.19. The highest BCUT2D eigenvalue weighted by Crippen LogP contribution is 2.58. The highest BCUT2D eigenvalue weighted by Gasteiger charge is 2.60. The lowest BCUT2D eigenvalue weighted by atomic mass is 9.81. The zero-order valence-electron chi connectivity index (χ0n) is 16.6. The molecule has 0 radical (unpaired) electrons. The first-order valence-electron chi connectivity index (χ1n) is 10.1. The predicted molar refractivity (Wildman–Crippen MR) is 113 cm³/mol. The van der Waals surface area contributed by atoms with Gasteiger partial charge in [-0.1, -0.05) is 55.8 Å². The second kappa shape index (κ2) is 6.22. The molecule has 0 bridgehead atoms. The van der Waals surface area contributed by atoms with Gasteiger partial charge in [-0.3, -0.25) is 9.69 Å². The number of likely N-dealkylation sites (N-methyl/N-ethyl adjacent to an activating group) is 1. The number of rotatable bonds is 3. The monoisotopic (exact) mass is 388 g/mol. The van der Waals surface area contributed by atoms with Crippen LogP contribution in [0.5, 0.6) is 11.5 Å². The number of aromatic hydroxyl groups is 2. The molecule has 2 aliphatic rings. The van der Waals surface area contributed by atoms with Crippen LogP contribution in [0.15, 0.2) is 48.5 Å². The molecule has 3 aromatic carbocycles. The van der Waals surface area contributed by atoms with Crippen molar-refractivity contribution in [1.82, 2.24) is 4.90 Å². The summed E-state index contributed by atoms with van der Waals surface area (Å²) in [6.07, 6.45) is 1.89. The molecule has 0 aromatic heterocycles. The van der Waals surface area contributed by atoms with E-state index in [0.29, 0.717) is 35.0 Å². The number of anilines is 1. The molecule has 5 rings (SSSR count). The average molecular weight is 388 g/mol. The van der Waals surface area contributed by atoms with Crippen LogP contribution in [0.1, 0.15) is 36.5 Å². The lowest BCUT2D eigenvalue weighted by Gasteiger charge is -2.32. The molecule has 3 aromatic rings. The molecule has 5 nitrogen and oxygen atoms in total. The van der Waals surface area contributed by atoms with E-state index in [1.807, 2.05) is 53.2 Å². The zero-order chi connectivity index (χ0) is 20.3. The Morgan fingerprint density at radius 2 is 1.66 bits per heavy atom. The van der Waals surface area contributed by atoms with Gasteiger partial charge in [-0.05, 0) is 19.5 Å². The van der Waals surface area contributed by atoms with Gasteiger partial charge in [-0.2, -0.15) is 0 Å². The van der Waals surface area contributed by atoms with Gasteiger partial charge >= 0.3 is 0 Å². The van der Waals surface area contributed by atoms with E-state index >= 15 is 0 Å². The summed E-state index contributed by atoms with van der Waals surface area (Å²) in [6, 6.07) is 15.1. The van der Waals surface area contributed by atoms with Crippen LogP contribution in [-0.2, 0) is 16.9 Å². The number of fused-ring (bicyclic) bond motifs is 5. The Morgan fingerprint density at radius 1 is 1.00 bits per heavy atom. The van der Waals surface area contributed by atoms with Gasteiger partial charge < -0.3 is 15.1 Å². The molecule has 1 spiro atoms. The summed E-state index contributed by atoms with van der Waals surface area (Å²) in [5.74, 6) is 0.172. The van der Waals surface area contributed by atoms with Gasteiger partial charge in [-0.15, -0.1) is 0 Å². The van der Waals surface area contributed by atoms with Gasteiger partial charge in [0.05, 0.1) is 0 Å². The minimum atomic E-state index is -1.12. The number of hydrogen-bond donors (Lipinski definition) is 2. The molecule has 2 aliphatic heterocycles. The molecule has 2 heterocycles. The Kier molecular flexibility index (Phi) is 3.87. The number of phenolic OH excluding ortho intramolecular Hbond substituents is 2. The number of phenols is 2. The predicted octanol–water partition coefficient (Wildman–Crippen LogP) is 4.09. The molecule has 0 fully saturated rings. The van der Waals surface area contributed by atoms with E-state index in [1.54, 1.807) is 12.1 Å². The van der Waals surface area contributed by atoms with Crippen LogP contribution in [0.3, 0.4) is 0 Å².